The molecule has 2 aromatic carbocycles. The van der Waals surface area contributed by atoms with E-state index in [1.54, 1.807) is 42.8 Å². The summed E-state index contributed by atoms with van der Waals surface area (Å²) >= 11 is 0. The van der Waals surface area contributed by atoms with Crippen molar-refractivity contribution in [2.24, 2.45) is 17.8 Å². The molecule has 1 saturated heterocycles. The van der Waals surface area contributed by atoms with E-state index in [9.17, 15) is 19.2 Å². The van der Waals surface area contributed by atoms with Gasteiger partial charge in [-0.25, -0.2) is 0 Å². The number of ether oxygens (including phenoxy) is 3. The fourth-order valence-corrected chi connectivity index (χ4v) is 7.39. The minimum atomic E-state index is -0.241. The molecule has 11 nitrogen and oxygen atoms in total. The van der Waals surface area contributed by atoms with Crippen LogP contribution in [0.5, 0.6) is 17.2 Å². The number of aryl methyl sites for hydroxylation is 1. The number of nitrogens with zero attached hydrogens (tertiary/aromatic N) is 4. The highest BCUT2D eigenvalue weighted by molar-refractivity contribution is 6.15. The van der Waals surface area contributed by atoms with E-state index in [0.717, 1.165) is 40.1 Å². The van der Waals surface area contributed by atoms with Crippen LogP contribution in [0.3, 0.4) is 0 Å². The van der Waals surface area contributed by atoms with Crippen molar-refractivity contribution in [1.29, 1.82) is 0 Å². The number of likely N-dealkylation sites (tertiary alicyclic amines) is 1. The monoisotopic (exact) mass is 626 g/mol. The number of methoxy groups -OCH3 is 1. The van der Waals surface area contributed by atoms with Gasteiger partial charge in [0.25, 0.3) is 5.56 Å². The summed E-state index contributed by atoms with van der Waals surface area (Å²) in [5.41, 5.74) is 2.15. The van der Waals surface area contributed by atoms with Crippen LogP contribution < -0.4 is 19.8 Å². The van der Waals surface area contributed by atoms with E-state index in [-0.39, 0.29) is 60.8 Å². The summed E-state index contributed by atoms with van der Waals surface area (Å²) in [4.78, 5) is 60.3. The highest BCUT2D eigenvalue weighted by atomic mass is 16.7. The maximum atomic E-state index is 14.2. The molecule has 4 heterocycles. The van der Waals surface area contributed by atoms with Crippen molar-refractivity contribution < 1.29 is 28.6 Å². The van der Waals surface area contributed by atoms with Crippen molar-refractivity contribution in [2.45, 2.75) is 52.5 Å². The molecule has 11 heteroatoms. The fraction of sp³-hybridized carbons (Fsp3) is 0.457. The third kappa shape index (κ3) is 5.02. The minimum absolute atomic E-state index is 0.0470. The van der Waals surface area contributed by atoms with Crippen LogP contribution in [0.1, 0.15) is 44.6 Å². The minimum Gasteiger partial charge on any atom is -0.496 e. The zero-order valence-corrected chi connectivity index (χ0v) is 26.6. The Morgan fingerprint density at radius 2 is 1.74 bits per heavy atom. The Bertz CT molecular complexity index is 1980. The molecule has 1 saturated carbocycles. The topological polar surface area (TPSA) is 120 Å². The number of rotatable bonds is 7. The molecule has 4 aromatic rings. The normalized spacial score (nSPS) is 21.1. The van der Waals surface area contributed by atoms with Crippen LogP contribution in [0.2, 0.25) is 0 Å². The van der Waals surface area contributed by atoms with Gasteiger partial charge in [0.15, 0.2) is 11.5 Å². The summed E-state index contributed by atoms with van der Waals surface area (Å²) in [6, 6.07) is 7.45. The van der Waals surface area contributed by atoms with Gasteiger partial charge in [-0.15, -0.1) is 0 Å². The van der Waals surface area contributed by atoms with Gasteiger partial charge in [-0.3, -0.25) is 29.1 Å². The number of amides is 3. The van der Waals surface area contributed by atoms with E-state index in [2.05, 4.69) is 0 Å². The van der Waals surface area contributed by atoms with Crippen LogP contribution in [0.25, 0.3) is 32.6 Å². The first-order valence-corrected chi connectivity index (χ1v) is 16.0. The number of imide groups is 1. The van der Waals surface area contributed by atoms with E-state index in [1.807, 2.05) is 25.1 Å². The van der Waals surface area contributed by atoms with Crippen molar-refractivity contribution in [2.75, 3.05) is 34.0 Å². The Hall–Kier alpha value is -4.67. The summed E-state index contributed by atoms with van der Waals surface area (Å²) < 4.78 is 18.5. The maximum absolute atomic E-state index is 14.2. The maximum Gasteiger partial charge on any atom is 0.259 e. The van der Waals surface area contributed by atoms with Gasteiger partial charge < -0.3 is 23.7 Å². The van der Waals surface area contributed by atoms with Gasteiger partial charge in [-0.2, -0.15) is 0 Å². The van der Waals surface area contributed by atoms with Gasteiger partial charge in [0.05, 0.1) is 23.5 Å². The first-order chi connectivity index (χ1) is 22.1. The number of aromatic nitrogens is 2. The molecule has 0 spiro atoms. The second kappa shape index (κ2) is 11.6. The summed E-state index contributed by atoms with van der Waals surface area (Å²) in [6.45, 7) is 4.94. The Morgan fingerprint density at radius 3 is 2.43 bits per heavy atom. The van der Waals surface area contributed by atoms with Gasteiger partial charge in [-0.1, -0.05) is 6.92 Å². The van der Waals surface area contributed by atoms with Crippen LogP contribution in [-0.4, -0.2) is 71.1 Å². The standard InChI is InChI=1S/C35H38N4O7/c1-19-11-23-24(13-28(19)44-4)35(43)38(32-25-14-29-30(46-18-45-29)15-27(25)36-16-26(23)32)10-9-37(3)34(42)22-7-5-21(6-8-22)17-39-31(40)12-20(2)33(39)41/h11,13-16,20-22H,5-10,12,17-18H2,1-4H3. The van der Waals surface area contributed by atoms with Crippen molar-refractivity contribution >= 4 is 50.3 Å². The second-order valence-corrected chi connectivity index (χ2v) is 13.0. The molecule has 0 N–H and O–H groups in total. The lowest BCUT2D eigenvalue weighted by atomic mass is 9.81. The summed E-state index contributed by atoms with van der Waals surface area (Å²) in [5.74, 6) is 1.56. The quantitative estimate of drug-likeness (QED) is 0.219. The number of hydrogen-bond donors (Lipinski definition) is 0. The van der Waals surface area contributed by atoms with E-state index in [4.69, 9.17) is 19.2 Å². The van der Waals surface area contributed by atoms with Gasteiger partial charge >= 0.3 is 0 Å². The average Bonchev–Trinajstić information content (AvgIpc) is 3.61. The predicted molar refractivity (Wildman–Crippen MR) is 172 cm³/mol. The summed E-state index contributed by atoms with van der Waals surface area (Å²) in [6.07, 6.45) is 5.09. The molecule has 2 aliphatic heterocycles. The van der Waals surface area contributed by atoms with E-state index >= 15 is 0 Å². The number of benzene rings is 2. The van der Waals surface area contributed by atoms with Crippen LogP contribution in [-0.2, 0) is 20.9 Å². The molecule has 0 radical (unpaired) electrons. The van der Waals surface area contributed by atoms with Crippen molar-refractivity contribution in [3.8, 4) is 17.2 Å². The molecule has 2 aromatic heterocycles. The smallest absolute Gasteiger partial charge is 0.259 e. The van der Waals surface area contributed by atoms with Crippen molar-refractivity contribution in [3.05, 3.63) is 46.4 Å². The van der Waals surface area contributed by atoms with E-state index in [0.29, 0.717) is 54.1 Å². The average molecular weight is 627 g/mol. The Balaban J connectivity index is 1.15. The third-order valence-corrected chi connectivity index (χ3v) is 10.0. The zero-order chi connectivity index (χ0) is 32.3. The molecule has 1 unspecified atom stereocenters. The van der Waals surface area contributed by atoms with Crippen molar-refractivity contribution in [1.82, 2.24) is 19.4 Å². The second-order valence-electron chi connectivity index (χ2n) is 13.0. The first-order valence-electron chi connectivity index (χ1n) is 16.0. The lowest BCUT2D eigenvalue weighted by molar-refractivity contribution is -0.141. The van der Waals surface area contributed by atoms with E-state index in [1.165, 1.54) is 4.90 Å². The van der Waals surface area contributed by atoms with Gasteiger partial charge in [0.2, 0.25) is 24.5 Å². The number of carbonyl (C=O) groups is 3. The zero-order valence-electron chi connectivity index (χ0n) is 26.6. The number of likely N-dealkylation sites (N-methyl/N-ethyl adjacent to an activating group) is 1. The Kier molecular flexibility index (Phi) is 7.57. The largest absolute Gasteiger partial charge is 0.496 e. The van der Waals surface area contributed by atoms with Crippen LogP contribution in [0, 0.1) is 24.7 Å². The predicted octanol–water partition coefficient (Wildman–Crippen LogP) is 4.41. The van der Waals surface area contributed by atoms with Gasteiger partial charge in [0.1, 0.15) is 5.75 Å². The molecule has 1 aliphatic carbocycles. The first kappa shape index (κ1) is 30.0. The molecule has 2 fully saturated rings. The third-order valence-electron chi connectivity index (χ3n) is 10.0. The summed E-state index contributed by atoms with van der Waals surface area (Å²) in [7, 11) is 3.38. The molecule has 7 rings (SSSR count). The molecule has 1 atom stereocenters. The fourth-order valence-electron chi connectivity index (χ4n) is 7.39. The van der Waals surface area contributed by atoms with E-state index < -0.39 is 0 Å². The lowest BCUT2D eigenvalue weighted by Gasteiger charge is -2.32. The Labute approximate surface area is 266 Å². The molecular formula is C35H38N4O7. The molecule has 46 heavy (non-hydrogen) atoms. The number of carbonyl (C=O) groups excluding carboxylic acids is 3. The van der Waals surface area contributed by atoms with Crippen molar-refractivity contribution in [3.63, 3.8) is 0 Å². The molecule has 3 amide bonds. The molecular weight excluding hydrogens is 588 g/mol. The molecule has 3 aliphatic rings. The SMILES string of the molecule is COc1cc2c(=O)n(CCN(C)C(=O)C3CCC(CN4C(=O)CC(C)C4=O)CC3)c3c4cc5c(cc4ncc3c2cc1C)OCO5. The molecule has 0 bridgehead atoms. The van der Waals surface area contributed by atoms with Gasteiger partial charge in [0, 0.05) is 68.0 Å². The number of fused-ring (bicyclic) bond motifs is 6. The van der Waals surface area contributed by atoms with Gasteiger partial charge in [-0.05, 0) is 67.7 Å². The molecule has 240 valence electrons. The highest BCUT2D eigenvalue weighted by Crippen LogP contribution is 2.39. The number of pyridine rings is 2. The Morgan fingerprint density at radius 1 is 1.00 bits per heavy atom. The van der Waals surface area contributed by atoms with Crippen LogP contribution in [0.15, 0.2) is 35.3 Å². The van der Waals surface area contributed by atoms with Crippen LogP contribution in [0.4, 0.5) is 0 Å². The lowest BCUT2D eigenvalue weighted by Crippen LogP contribution is -2.40. The number of hydrogen-bond acceptors (Lipinski definition) is 8. The van der Waals surface area contributed by atoms with Crippen LogP contribution >= 0.6 is 0 Å². The summed E-state index contributed by atoms with van der Waals surface area (Å²) in [5, 5.41) is 2.90. The highest BCUT2D eigenvalue weighted by Gasteiger charge is 2.38.